The summed E-state index contributed by atoms with van der Waals surface area (Å²) in [6.45, 7) is 11.5. The van der Waals surface area contributed by atoms with E-state index in [0.717, 1.165) is 12.8 Å². The van der Waals surface area contributed by atoms with E-state index >= 15 is 0 Å². The van der Waals surface area contributed by atoms with Crippen LogP contribution in [-0.2, 0) is 5.41 Å². The van der Waals surface area contributed by atoms with Crippen molar-refractivity contribution in [2.24, 2.45) is 5.92 Å². The van der Waals surface area contributed by atoms with Gasteiger partial charge in [-0.25, -0.2) is 0 Å². The van der Waals surface area contributed by atoms with E-state index in [-0.39, 0.29) is 12.0 Å². The Morgan fingerprint density at radius 3 is 2.20 bits per heavy atom. The predicted octanol–water partition coefficient (Wildman–Crippen LogP) is 3.74. The van der Waals surface area contributed by atoms with Gasteiger partial charge < -0.3 is 10.4 Å². The lowest BCUT2D eigenvalue weighted by Gasteiger charge is -2.32. The van der Waals surface area contributed by atoms with E-state index in [1.54, 1.807) is 0 Å². The number of hydrogen-bond donors (Lipinski definition) is 2. The van der Waals surface area contributed by atoms with Crippen molar-refractivity contribution in [1.29, 1.82) is 0 Å². The maximum absolute atomic E-state index is 9.17. The molecule has 0 spiro atoms. The van der Waals surface area contributed by atoms with Crippen molar-refractivity contribution < 1.29 is 5.11 Å². The average molecular weight is 277 g/mol. The molecule has 20 heavy (non-hydrogen) atoms. The Morgan fingerprint density at radius 2 is 1.70 bits per heavy atom. The molecule has 2 nitrogen and oxygen atoms in total. The Kier molecular flexibility index (Phi) is 6.70. The van der Waals surface area contributed by atoms with Gasteiger partial charge >= 0.3 is 0 Å². The second-order valence-electron chi connectivity index (χ2n) is 6.88. The predicted molar refractivity (Wildman–Crippen MR) is 87.0 cm³/mol. The quantitative estimate of drug-likeness (QED) is 0.758. The van der Waals surface area contributed by atoms with Crippen molar-refractivity contribution in [2.45, 2.75) is 65.0 Å². The van der Waals surface area contributed by atoms with Crippen LogP contribution in [0.15, 0.2) is 30.3 Å². The lowest BCUT2D eigenvalue weighted by Crippen LogP contribution is -2.43. The van der Waals surface area contributed by atoms with E-state index in [2.05, 4.69) is 70.3 Å². The lowest BCUT2D eigenvalue weighted by molar-refractivity contribution is 0.229. The first-order valence-electron chi connectivity index (χ1n) is 7.79. The van der Waals surface area contributed by atoms with Crippen LogP contribution >= 0.6 is 0 Å². The molecule has 0 fully saturated rings. The monoisotopic (exact) mass is 277 g/mol. The van der Waals surface area contributed by atoms with Gasteiger partial charge in [0.15, 0.2) is 0 Å². The maximum Gasteiger partial charge on any atom is 0.0445 e. The van der Waals surface area contributed by atoms with Crippen molar-refractivity contribution in [3.8, 4) is 0 Å². The van der Waals surface area contributed by atoms with Crippen molar-refractivity contribution in [3.05, 3.63) is 35.9 Å². The fourth-order valence-corrected chi connectivity index (χ4v) is 2.95. The third-order valence-electron chi connectivity index (χ3n) is 4.12. The molecule has 1 rings (SSSR count). The summed E-state index contributed by atoms with van der Waals surface area (Å²) in [6.07, 6.45) is 1.92. The van der Waals surface area contributed by atoms with Crippen molar-refractivity contribution in [3.63, 3.8) is 0 Å². The Balaban J connectivity index is 2.62. The minimum atomic E-state index is 0.161. The summed E-state index contributed by atoms with van der Waals surface area (Å²) < 4.78 is 0. The molecule has 0 amide bonds. The van der Waals surface area contributed by atoms with Crippen molar-refractivity contribution in [1.82, 2.24) is 5.32 Å². The standard InChI is InChI=1S/C18H31NO/c1-14(2)17(11-12-20)19-15(3)13-18(4,5)16-9-7-6-8-10-16/h6-10,14-15,17,19-20H,11-13H2,1-5H3. The third-order valence-corrected chi connectivity index (χ3v) is 4.12. The Hall–Kier alpha value is -0.860. The lowest BCUT2D eigenvalue weighted by atomic mass is 9.79. The Morgan fingerprint density at radius 1 is 1.10 bits per heavy atom. The van der Waals surface area contributed by atoms with Crippen LogP contribution in [0.3, 0.4) is 0 Å². The van der Waals surface area contributed by atoms with Crippen molar-refractivity contribution in [2.75, 3.05) is 6.61 Å². The summed E-state index contributed by atoms with van der Waals surface area (Å²) in [4.78, 5) is 0. The van der Waals surface area contributed by atoms with Gasteiger partial charge in [0.05, 0.1) is 0 Å². The molecule has 2 unspecified atom stereocenters. The number of hydrogen-bond acceptors (Lipinski definition) is 2. The highest BCUT2D eigenvalue weighted by atomic mass is 16.3. The molecule has 0 heterocycles. The molecular weight excluding hydrogens is 246 g/mol. The van der Waals surface area contributed by atoms with Crippen LogP contribution < -0.4 is 5.32 Å². The molecule has 0 aliphatic heterocycles. The molecule has 2 atom stereocenters. The van der Waals surface area contributed by atoms with Crippen LogP contribution in [0.2, 0.25) is 0 Å². The first-order chi connectivity index (χ1) is 9.36. The third kappa shape index (κ3) is 5.26. The summed E-state index contributed by atoms with van der Waals surface area (Å²) in [5, 5.41) is 12.9. The summed E-state index contributed by atoms with van der Waals surface area (Å²) in [5.74, 6) is 0.546. The molecule has 1 aromatic rings. The van der Waals surface area contributed by atoms with Gasteiger partial charge in [-0.1, -0.05) is 58.0 Å². The van der Waals surface area contributed by atoms with Crippen LogP contribution in [0.5, 0.6) is 0 Å². The Labute approximate surface area is 124 Å². The minimum absolute atomic E-state index is 0.161. The molecule has 1 aromatic carbocycles. The van der Waals surface area contributed by atoms with Gasteiger partial charge in [0.1, 0.15) is 0 Å². The molecule has 2 N–H and O–H groups in total. The molecule has 0 bridgehead atoms. The molecule has 0 radical (unpaired) electrons. The fourth-order valence-electron chi connectivity index (χ4n) is 2.95. The topological polar surface area (TPSA) is 32.3 Å². The van der Waals surface area contributed by atoms with Crippen LogP contribution in [-0.4, -0.2) is 23.8 Å². The van der Waals surface area contributed by atoms with E-state index in [9.17, 15) is 0 Å². The fraction of sp³-hybridized carbons (Fsp3) is 0.667. The van der Waals surface area contributed by atoms with Crippen LogP contribution in [0.1, 0.15) is 53.0 Å². The maximum atomic E-state index is 9.17. The Bertz CT molecular complexity index is 372. The molecule has 2 heteroatoms. The first kappa shape index (κ1) is 17.2. The summed E-state index contributed by atoms with van der Waals surface area (Å²) >= 11 is 0. The number of aliphatic hydroxyl groups is 1. The van der Waals surface area contributed by atoms with Crippen LogP contribution in [0, 0.1) is 5.92 Å². The largest absolute Gasteiger partial charge is 0.396 e. The van der Waals surface area contributed by atoms with Gasteiger partial charge in [0.2, 0.25) is 0 Å². The van der Waals surface area contributed by atoms with Gasteiger partial charge in [-0.15, -0.1) is 0 Å². The minimum Gasteiger partial charge on any atom is -0.396 e. The van der Waals surface area contributed by atoms with E-state index in [4.69, 9.17) is 5.11 Å². The molecule has 0 aliphatic rings. The number of aliphatic hydroxyl groups excluding tert-OH is 1. The summed E-state index contributed by atoms with van der Waals surface area (Å²) in [5.41, 5.74) is 1.55. The summed E-state index contributed by atoms with van der Waals surface area (Å²) in [7, 11) is 0. The van der Waals surface area contributed by atoms with Gasteiger partial charge in [-0.3, -0.25) is 0 Å². The zero-order chi connectivity index (χ0) is 15.2. The zero-order valence-corrected chi connectivity index (χ0v) is 13.7. The SMILES string of the molecule is CC(CC(C)(C)c1ccccc1)NC(CCO)C(C)C. The van der Waals surface area contributed by atoms with Gasteiger partial charge in [-0.05, 0) is 36.7 Å². The smallest absolute Gasteiger partial charge is 0.0445 e. The normalized spacial score (nSPS) is 15.3. The first-order valence-corrected chi connectivity index (χ1v) is 7.79. The number of nitrogens with one attached hydrogen (secondary N) is 1. The van der Waals surface area contributed by atoms with E-state index in [1.807, 2.05) is 0 Å². The highest BCUT2D eigenvalue weighted by molar-refractivity contribution is 5.23. The summed E-state index contributed by atoms with van der Waals surface area (Å²) in [6, 6.07) is 11.5. The highest BCUT2D eigenvalue weighted by Crippen LogP contribution is 2.28. The molecule has 0 aromatic heterocycles. The number of benzene rings is 1. The van der Waals surface area contributed by atoms with E-state index in [1.165, 1.54) is 5.56 Å². The molecule has 114 valence electrons. The zero-order valence-electron chi connectivity index (χ0n) is 13.7. The average Bonchev–Trinajstić information content (AvgIpc) is 2.38. The number of rotatable bonds is 8. The van der Waals surface area contributed by atoms with Crippen molar-refractivity contribution >= 4 is 0 Å². The van der Waals surface area contributed by atoms with Gasteiger partial charge in [-0.2, -0.15) is 0 Å². The van der Waals surface area contributed by atoms with Gasteiger partial charge in [0.25, 0.3) is 0 Å². The second kappa shape index (κ2) is 7.80. The van der Waals surface area contributed by atoms with Crippen LogP contribution in [0.4, 0.5) is 0 Å². The molecular formula is C18H31NO. The van der Waals surface area contributed by atoms with Crippen LogP contribution in [0.25, 0.3) is 0 Å². The van der Waals surface area contributed by atoms with E-state index < -0.39 is 0 Å². The molecule has 0 saturated heterocycles. The highest BCUT2D eigenvalue weighted by Gasteiger charge is 2.25. The molecule has 0 saturated carbocycles. The van der Waals surface area contributed by atoms with Gasteiger partial charge in [0, 0.05) is 18.7 Å². The molecule has 0 aliphatic carbocycles. The second-order valence-corrected chi connectivity index (χ2v) is 6.88. The van der Waals surface area contributed by atoms with E-state index in [0.29, 0.717) is 18.0 Å².